The molecular weight excluding hydrogens is 861 g/mol. The van der Waals surface area contributed by atoms with E-state index in [1.54, 1.807) is 44.6 Å². The van der Waals surface area contributed by atoms with Crippen molar-refractivity contribution in [1.82, 2.24) is 14.2 Å². The number of rotatable bonds is 18. The first-order valence-electron chi connectivity index (χ1n) is 20.0. The molecule has 1 aromatic heterocycles. The molecule has 13 nitrogen and oxygen atoms in total. The maximum atomic E-state index is 13.8. The largest absolute Gasteiger partial charge is 0.497 e. The molecule has 1 saturated heterocycles. The molecule has 0 saturated carbocycles. The van der Waals surface area contributed by atoms with E-state index >= 15 is 0 Å². The third kappa shape index (κ3) is 10.4. The number of halogens is 1. The number of carbonyl (C=O) groups excluding carboxylic acids is 1. The van der Waals surface area contributed by atoms with Gasteiger partial charge in [-0.2, -0.15) is 10.2 Å². The van der Waals surface area contributed by atoms with E-state index in [0.29, 0.717) is 21.5 Å². The standard InChI is InChI=1S/C46H51BrN5O8P/c1-30(2)52(31(3)4)61(55)59-28-33(26-48)39-25-42(51-27-40(47)43(50-45(51)54)49-44(53)32-13-9-7-10-14-32)60-41(39)29-58-46(34-15-11-8-12-16-34,35-17-21-37(56-5)22-18-35)36-19-23-38(57-6)24-20-36/h7-24,27,30-31,33,39,41-42,55H,25,28-29H2,1-6H3,(H,49,50,53,54)/t33-,39+,41-,42-,61?/m1/s1. The van der Waals surface area contributed by atoms with Crippen LogP contribution in [0, 0.1) is 23.2 Å². The van der Waals surface area contributed by atoms with Crippen LogP contribution in [0.25, 0.3) is 0 Å². The van der Waals surface area contributed by atoms with Gasteiger partial charge in [0.05, 0.1) is 50.0 Å². The van der Waals surface area contributed by atoms with E-state index in [1.807, 2.05) is 111 Å². The highest BCUT2D eigenvalue weighted by Gasteiger charge is 2.45. The number of nitrogens with one attached hydrogen (secondary N) is 1. The summed E-state index contributed by atoms with van der Waals surface area (Å²) in [5.41, 5.74) is 0.993. The Kier molecular flexibility index (Phi) is 15.5. The Balaban J connectivity index is 1.38. The smallest absolute Gasteiger partial charge is 0.351 e. The van der Waals surface area contributed by atoms with Crippen LogP contribution in [0.5, 0.6) is 11.5 Å². The minimum Gasteiger partial charge on any atom is -0.497 e. The Morgan fingerprint density at radius 2 is 1.48 bits per heavy atom. The van der Waals surface area contributed by atoms with Crippen LogP contribution in [0.15, 0.2) is 125 Å². The summed E-state index contributed by atoms with van der Waals surface area (Å²) in [4.78, 5) is 42.2. The van der Waals surface area contributed by atoms with Crippen LogP contribution in [0.4, 0.5) is 5.82 Å². The maximum absolute atomic E-state index is 13.8. The molecule has 320 valence electrons. The van der Waals surface area contributed by atoms with E-state index in [-0.39, 0.29) is 37.5 Å². The van der Waals surface area contributed by atoms with Crippen molar-refractivity contribution in [2.24, 2.45) is 11.8 Å². The number of ether oxygens (including phenoxy) is 4. The predicted octanol–water partition coefficient (Wildman–Crippen LogP) is 8.68. The lowest BCUT2D eigenvalue weighted by Gasteiger charge is -2.37. The zero-order chi connectivity index (χ0) is 43.7. The average molecular weight is 913 g/mol. The van der Waals surface area contributed by atoms with Gasteiger partial charge in [-0.25, -0.2) is 9.46 Å². The van der Waals surface area contributed by atoms with Crippen LogP contribution in [0.3, 0.4) is 0 Å². The molecule has 61 heavy (non-hydrogen) atoms. The SMILES string of the molecule is COc1ccc(C(OC[C@H]2O[C@@H](n3cc(Br)c(NC(=O)c4ccccc4)nc3=O)C[C@H]2[C@H](C#N)COP(O)N(C(C)C)C(C)C)(c2ccccc2)c2ccc(OC)cc2)cc1. The molecular formula is C46H51BrN5O8P. The molecule has 2 heterocycles. The Morgan fingerprint density at radius 1 is 0.934 bits per heavy atom. The Labute approximate surface area is 366 Å². The Hall–Kier alpha value is -4.97. The number of carbonyl (C=O) groups is 1. The molecule has 2 N–H and O–H groups in total. The van der Waals surface area contributed by atoms with Crippen LogP contribution in [0.1, 0.15) is 67.4 Å². The summed E-state index contributed by atoms with van der Waals surface area (Å²) in [6.45, 7) is 7.80. The third-order valence-corrected chi connectivity index (χ3v) is 13.0. The van der Waals surface area contributed by atoms with Gasteiger partial charge in [-0.1, -0.05) is 72.8 Å². The molecule has 0 aliphatic carbocycles. The lowest BCUT2D eigenvalue weighted by molar-refractivity contribution is -0.0880. The van der Waals surface area contributed by atoms with Crippen LogP contribution >= 0.6 is 24.5 Å². The minimum atomic E-state index is -2.02. The molecule has 1 aliphatic heterocycles. The molecule has 0 radical (unpaired) electrons. The van der Waals surface area contributed by atoms with Crippen molar-refractivity contribution in [1.29, 1.82) is 5.26 Å². The summed E-state index contributed by atoms with van der Waals surface area (Å²) in [5.74, 6) is -0.337. The maximum Gasteiger partial charge on any atom is 0.351 e. The van der Waals surface area contributed by atoms with Gasteiger partial charge in [-0.05, 0) is 103 Å². The molecule has 5 aromatic rings. The first-order chi connectivity index (χ1) is 29.4. The fourth-order valence-electron chi connectivity index (χ4n) is 7.76. The quantitative estimate of drug-likeness (QED) is 0.0641. The van der Waals surface area contributed by atoms with Crippen molar-refractivity contribution in [2.45, 2.75) is 64.1 Å². The third-order valence-electron chi connectivity index (χ3n) is 10.7. The van der Waals surface area contributed by atoms with Gasteiger partial charge in [-0.15, -0.1) is 0 Å². The number of hydrogen-bond acceptors (Lipinski definition) is 11. The molecule has 5 atom stereocenters. The zero-order valence-corrected chi connectivity index (χ0v) is 37.5. The van der Waals surface area contributed by atoms with Crippen molar-refractivity contribution >= 4 is 36.2 Å². The first kappa shape index (κ1) is 45.6. The number of methoxy groups -OCH3 is 2. The Morgan fingerprint density at radius 3 is 2.00 bits per heavy atom. The van der Waals surface area contributed by atoms with E-state index in [1.165, 1.54) is 10.8 Å². The zero-order valence-electron chi connectivity index (χ0n) is 35.0. The van der Waals surface area contributed by atoms with E-state index in [4.69, 9.17) is 23.5 Å². The number of aromatic nitrogens is 2. The second-order valence-electron chi connectivity index (χ2n) is 15.1. The van der Waals surface area contributed by atoms with Gasteiger partial charge < -0.3 is 33.7 Å². The fourth-order valence-corrected chi connectivity index (χ4v) is 9.39. The fraction of sp³-hybridized carbons (Fsp3) is 0.348. The molecule has 15 heteroatoms. The highest BCUT2D eigenvalue weighted by atomic mass is 79.9. The lowest BCUT2D eigenvalue weighted by atomic mass is 9.79. The highest BCUT2D eigenvalue weighted by Crippen LogP contribution is 2.46. The van der Waals surface area contributed by atoms with Crippen LogP contribution in [-0.2, 0) is 19.6 Å². The van der Waals surface area contributed by atoms with Crippen LogP contribution in [-0.4, -0.2) is 70.6 Å². The van der Waals surface area contributed by atoms with Gasteiger partial charge in [-0.3, -0.25) is 9.36 Å². The van der Waals surface area contributed by atoms with Crippen molar-refractivity contribution in [2.75, 3.05) is 32.8 Å². The summed E-state index contributed by atoms with van der Waals surface area (Å²) in [7, 11) is 1.20. The average Bonchev–Trinajstić information content (AvgIpc) is 3.69. The molecule has 1 amide bonds. The second-order valence-corrected chi connectivity index (χ2v) is 17.2. The summed E-state index contributed by atoms with van der Waals surface area (Å²) in [6, 6.07) is 36.2. The van der Waals surface area contributed by atoms with Gasteiger partial charge in [0.2, 0.25) is 0 Å². The van der Waals surface area contributed by atoms with E-state index in [2.05, 4.69) is 32.3 Å². The molecule has 1 fully saturated rings. The molecule has 1 unspecified atom stereocenters. The number of nitrogens with zero attached hydrogens (tertiary/aromatic N) is 4. The second kappa shape index (κ2) is 20.7. The number of benzene rings is 4. The topological polar surface area (TPSA) is 157 Å². The molecule has 0 bridgehead atoms. The van der Waals surface area contributed by atoms with Crippen molar-refractivity contribution in [3.63, 3.8) is 0 Å². The van der Waals surface area contributed by atoms with E-state index in [0.717, 1.165) is 16.7 Å². The number of hydrogen-bond donors (Lipinski definition) is 2. The van der Waals surface area contributed by atoms with E-state index in [9.17, 15) is 19.7 Å². The van der Waals surface area contributed by atoms with Gasteiger partial charge in [0, 0.05) is 29.8 Å². The number of anilines is 1. The normalized spacial score (nSPS) is 17.6. The van der Waals surface area contributed by atoms with Crippen LogP contribution in [0.2, 0.25) is 0 Å². The van der Waals surface area contributed by atoms with Crippen LogP contribution < -0.4 is 20.5 Å². The van der Waals surface area contributed by atoms with Gasteiger partial charge in [0.15, 0.2) is 5.82 Å². The van der Waals surface area contributed by atoms with Crippen molar-refractivity contribution < 1.29 is 33.2 Å². The predicted molar refractivity (Wildman–Crippen MR) is 237 cm³/mol. The minimum absolute atomic E-state index is 0.00252. The first-order valence-corrected chi connectivity index (χ1v) is 21.9. The number of amides is 1. The van der Waals surface area contributed by atoms with E-state index < -0.39 is 49.9 Å². The Bertz CT molecular complexity index is 2250. The highest BCUT2D eigenvalue weighted by molar-refractivity contribution is 9.10. The molecule has 1 aliphatic rings. The molecule has 4 aromatic carbocycles. The molecule has 0 spiro atoms. The van der Waals surface area contributed by atoms with Gasteiger partial charge >= 0.3 is 5.69 Å². The van der Waals surface area contributed by atoms with Gasteiger partial charge in [0.25, 0.3) is 14.4 Å². The van der Waals surface area contributed by atoms with Crippen molar-refractivity contribution in [3.8, 4) is 17.6 Å². The summed E-state index contributed by atoms with van der Waals surface area (Å²) in [6.07, 6.45) is 0.107. The lowest BCUT2D eigenvalue weighted by Crippen LogP contribution is -2.38. The summed E-state index contributed by atoms with van der Waals surface area (Å²) >= 11 is 3.50. The summed E-state index contributed by atoms with van der Waals surface area (Å²) < 4.78 is 34.7. The monoisotopic (exact) mass is 911 g/mol. The van der Waals surface area contributed by atoms with Crippen molar-refractivity contribution in [3.05, 3.63) is 153 Å². The number of nitriles is 1. The summed E-state index contributed by atoms with van der Waals surface area (Å²) in [5, 5.41) is 13.4. The molecule has 6 rings (SSSR count). The van der Waals surface area contributed by atoms with Gasteiger partial charge in [0.1, 0.15) is 23.3 Å².